The third-order valence-corrected chi connectivity index (χ3v) is 3.18. The lowest BCUT2D eigenvalue weighted by Gasteiger charge is -2.07. The molecule has 0 aliphatic heterocycles. The van der Waals surface area contributed by atoms with Gasteiger partial charge in [-0.25, -0.2) is 0 Å². The molecule has 0 aromatic carbocycles. The molecule has 0 aliphatic rings. The number of rotatable bonds is 6. The summed E-state index contributed by atoms with van der Waals surface area (Å²) in [7, 11) is 0. The largest absolute Gasteiger partial charge is 0.396 e. The Labute approximate surface area is 117 Å². The lowest BCUT2D eigenvalue weighted by atomic mass is 10.3. The maximum atomic E-state index is 11.8. The summed E-state index contributed by atoms with van der Waals surface area (Å²) in [4.78, 5) is 11.8. The van der Waals surface area contributed by atoms with E-state index < -0.39 is 0 Å². The van der Waals surface area contributed by atoms with Crippen molar-refractivity contribution in [1.82, 2.24) is 24.9 Å². The zero-order valence-corrected chi connectivity index (χ0v) is 11.8. The molecule has 0 saturated heterocycles. The van der Waals surface area contributed by atoms with Gasteiger partial charge in [-0.05, 0) is 26.3 Å². The van der Waals surface area contributed by atoms with Gasteiger partial charge in [0.1, 0.15) is 6.54 Å². The van der Waals surface area contributed by atoms with Crippen molar-refractivity contribution in [3.63, 3.8) is 0 Å². The fourth-order valence-corrected chi connectivity index (χ4v) is 1.96. The fourth-order valence-electron chi connectivity index (χ4n) is 1.96. The first kappa shape index (κ1) is 14.1. The average Bonchev–Trinajstić information content (AvgIpc) is 3.01. The van der Waals surface area contributed by atoms with Gasteiger partial charge in [-0.1, -0.05) is 0 Å². The van der Waals surface area contributed by atoms with Crippen LogP contribution in [0.3, 0.4) is 0 Å². The third-order valence-electron chi connectivity index (χ3n) is 3.18. The van der Waals surface area contributed by atoms with Crippen LogP contribution in [-0.4, -0.2) is 32.0 Å². The van der Waals surface area contributed by atoms with Crippen LogP contribution in [0.15, 0.2) is 18.5 Å². The molecule has 108 valence electrons. The minimum atomic E-state index is -0.0592. The molecule has 2 heterocycles. The smallest absolute Gasteiger partial charge is 0.241 e. The van der Waals surface area contributed by atoms with Crippen LogP contribution >= 0.6 is 0 Å². The Balaban J connectivity index is 1.74. The predicted molar refractivity (Wildman–Crippen MR) is 76.0 cm³/mol. The van der Waals surface area contributed by atoms with E-state index in [1.165, 1.54) is 0 Å². The van der Waals surface area contributed by atoms with Crippen molar-refractivity contribution in [3.05, 3.63) is 29.8 Å². The van der Waals surface area contributed by atoms with Crippen LogP contribution in [0.2, 0.25) is 0 Å². The zero-order valence-electron chi connectivity index (χ0n) is 11.8. The molecule has 7 heteroatoms. The van der Waals surface area contributed by atoms with Crippen molar-refractivity contribution in [1.29, 1.82) is 0 Å². The second-order valence-electron chi connectivity index (χ2n) is 4.71. The summed E-state index contributed by atoms with van der Waals surface area (Å²) in [5, 5.41) is 11.2. The first-order valence-corrected chi connectivity index (χ1v) is 6.61. The first-order valence-electron chi connectivity index (χ1n) is 6.61. The van der Waals surface area contributed by atoms with E-state index in [0.717, 1.165) is 24.4 Å². The van der Waals surface area contributed by atoms with Gasteiger partial charge in [0.15, 0.2) is 0 Å². The summed E-state index contributed by atoms with van der Waals surface area (Å²) >= 11 is 0. The Morgan fingerprint density at radius 2 is 2.25 bits per heavy atom. The molecule has 20 heavy (non-hydrogen) atoms. The molecule has 7 nitrogen and oxygen atoms in total. The molecular formula is C13H20N6O. The van der Waals surface area contributed by atoms with Crippen molar-refractivity contribution >= 4 is 11.6 Å². The highest BCUT2D eigenvalue weighted by Crippen LogP contribution is 2.14. The van der Waals surface area contributed by atoms with Crippen LogP contribution in [0.25, 0.3) is 0 Å². The van der Waals surface area contributed by atoms with Crippen molar-refractivity contribution in [2.75, 3.05) is 12.3 Å². The van der Waals surface area contributed by atoms with Crippen molar-refractivity contribution in [2.24, 2.45) is 0 Å². The molecule has 0 atom stereocenters. The number of anilines is 1. The Morgan fingerprint density at radius 1 is 1.45 bits per heavy atom. The molecule has 2 aromatic heterocycles. The van der Waals surface area contributed by atoms with Crippen LogP contribution in [0.5, 0.6) is 0 Å². The Kier molecular flexibility index (Phi) is 4.39. The van der Waals surface area contributed by atoms with Gasteiger partial charge < -0.3 is 11.1 Å². The second-order valence-corrected chi connectivity index (χ2v) is 4.71. The van der Waals surface area contributed by atoms with Crippen LogP contribution in [-0.2, 0) is 17.9 Å². The Bertz CT molecular complexity index is 572. The number of nitrogens with zero attached hydrogens (tertiary/aromatic N) is 4. The number of aromatic nitrogens is 4. The lowest BCUT2D eigenvalue weighted by molar-refractivity contribution is -0.121. The summed E-state index contributed by atoms with van der Waals surface area (Å²) in [5.41, 5.74) is 8.07. The number of hydrogen-bond donors (Lipinski definition) is 2. The number of amides is 1. The Morgan fingerprint density at radius 3 is 2.85 bits per heavy atom. The van der Waals surface area contributed by atoms with E-state index >= 15 is 0 Å². The third kappa shape index (κ3) is 3.37. The van der Waals surface area contributed by atoms with Gasteiger partial charge >= 0.3 is 0 Å². The van der Waals surface area contributed by atoms with Gasteiger partial charge in [0.25, 0.3) is 0 Å². The van der Waals surface area contributed by atoms with E-state index in [-0.39, 0.29) is 12.5 Å². The van der Waals surface area contributed by atoms with Gasteiger partial charge in [-0.2, -0.15) is 10.2 Å². The monoisotopic (exact) mass is 276 g/mol. The van der Waals surface area contributed by atoms with Crippen LogP contribution < -0.4 is 11.1 Å². The van der Waals surface area contributed by atoms with Gasteiger partial charge in [-0.3, -0.25) is 14.2 Å². The highest BCUT2D eigenvalue weighted by molar-refractivity contribution is 5.75. The van der Waals surface area contributed by atoms with Crippen LogP contribution in [0.4, 0.5) is 5.69 Å². The molecular weight excluding hydrogens is 256 g/mol. The van der Waals surface area contributed by atoms with E-state index in [1.54, 1.807) is 10.9 Å². The van der Waals surface area contributed by atoms with Gasteiger partial charge in [0.2, 0.25) is 5.91 Å². The summed E-state index contributed by atoms with van der Waals surface area (Å²) in [5.74, 6) is -0.0592. The predicted octanol–water partition coefficient (Wildman–Crippen LogP) is 0.485. The second kappa shape index (κ2) is 6.23. The van der Waals surface area contributed by atoms with E-state index in [4.69, 9.17) is 5.73 Å². The summed E-state index contributed by atoms with van der Waals surface area (Å²) in [6.45, 7) is 5.31. The number of nitrogen functional groups attached to an aromatic ring is 1. The zero-order chi connectivity index (χ0) is 14.5. The molecule has 3 N–H and O–H groups in total. The molecule has 0 saturated carbocycles. The first-order chi connectivity index (χ1) is 9.58. The molecule has 0 bridgehead atoms. The lowest BCUT2D eigenvalue weighted by Crippen LogP contribution is -2.29. The highest BCUT2D eigenvalue weighted by Gasteiger charge is 2.10. The topological polar surface area (TPSA) is 90.8 Å². The molecule has 1 amide bonds. The number of hydrogen-bond acceptors (Lipinski definition) is 4. The maximum Gasteiger partial charge on any atom is 0.241 e. The number of nitrogens with two attached hydrogens (primary N) is 1. The van der Waals surface area contributed by atoms with Crippen molar-refractivity contribution in [3.8, 4) is 0 Å². The average molecular weight is 276 g/mol. The SMILES string of the molecule is Cc1nn(CC(=O)NCCCn2cccn2)c(C)c1N. The Hall–Kier alpha value is -2.31. The summed E-state index contributed by atoms with van der Waals surface area (Å²) in [6, 6.07) is 1.88. The van der Waals surface area contributed by atoms with Crippen molar-refractivity contribution < 1.29 is 4.79 Å². The van der Waals surface area contributed by atoms with Crippen molar-refractivity contribution in [2.45, 2.75) is 33.4 Å². The maximum absolute atomic E-state index is 11.8. The number of carbonyl (C=O) groups is 1. The van der Waals surface area contributed by atoms with E-state index in [0.29, 0.717) is 12.2 Å². The molecule has 0 spiro atoms. The number of aryl methyl sites for hydroxylation is 2. The number of carbonyl (C=O) groups excluding carboxylic acids is 1. The van der Waals surface area contributed by atoms with Crippen LogP contribution in [0.1, 0.15) is 17.8 Å². The summed E-state index contributed by atoms with van der Waals surface area (Å²) < 4.78 is 3.47. The standard InChI is InChI=1S/C13H20N6O/c1-10-13(14)11(2)19(17-10)9-12(20)15-5-3-7-18-8-4-6-16-18/h4,6,8H,3,5,7,9,14H2,1-2H3,(H,15,20). The molecule has 0 fully saturated rings. The number of nitrogens with one attached hydrogen (secondary N) is 1. The normalized spacial score (nSPS) is 10.7. The van der Waals surface area contributed by atoms with Crippen LogP contribution in [0, 0.1) is 13.8 Å². The fraction of sp³-hybridized carbons (Fsp3) is 0.462. The van der Waals surface area contributed by atoms with E-state index in [9.17, 15) is 4.79 Å². The highest BCUT2D eigenvalue weighted by atomic mass is 16.2. The van der Waals surface area contributed by atoms with E-state index in [1.807, 2.05) is 30.8 Å². The van der Waals surface area contributed by atoms with E-state index in [2.05, 4.69) is 15.5 Å². The molecule has 2 rings (SSSR count). The van der Waals surface area contributed by atoms with Gasteiger partial charge in [0.05, 0.1) is 17.1 Å². The minimum absolute atomic E-state index is 0.0592. The summed E-state index contributed by atoms with van der Waals surface area (Å²) in [6.07, 6.45) is 4.49. The minimum Gasteiger partial charge on any atom is -0.396 e. The van der Waals surface area contributed by atoms with Gasteiger partial charge in [-0.15, -0.1) is 0 Å². The molecule has 0 aliphatic carbocycles. The quantitative estimate of drug-likeness (QED) is 0.751. The van der Waals surface area contributed by atoms with Gasteiger partial charge in [0, 0.05) is 25.5 Å². The molecule has 2 aromatic rings. The molecule has 0 unspecified atom stereocenters. The molecule has 0 radical (unpaired) electrons.